The van der Waals surface area contributed by atoms with Crippen LogP contribution in [0.5, 0.6) is 0 Å². The lowest BCUT2D eigenvalue weighted by molar-refractivity contribution is -0.140. The zero-order valence-electron chi connectivity index (χ0n) is 11.1. The van der Waals surface area contributed by atoms with Gasteiger partial charge in [0.05, 0.1) is 19.4 Å². The number of nitrogens with one attached hydrogen (secondary N) is 1. The zero-order valence-corrected chi connectivity index (χ0v) is 11.9. The topological polar surface area (TPSA) is 90.3 Å². The highest BCUT2D eigenvalue weighted by atomic mass is 32.2. The smallest absolute Gasteiger partial charge is 0.305 e. The summed E-state index contributed by atoms with van der Waals surface area (Å²) in [6.45, 7) is 2.22. The normalized spacial score (nSPS) is 13.2. The van der Waals surface area contributed by atoms with E-state index in [2.05, 4.69) is 14.6 Å². The molecule has 19 heavy (non-hydrogen) atoms. The molecule has 0 saturated heterocycles. The Morgan fingerprint density at radius 1 is 1.53 bits per heavy atom. The Bertz CT molecular complexity index is 484. The van der Waals surface area contributed by atoms with Gasteiger partial charge in [-0.05, 0) is 19.4 Å². The molecular weight excluding hydrogens is 270 g/mol. The van der Waals surface area contributed by atoms with Gasteiger partial charge in [0, 0.05) is 24.9 Å². The second kappa shape index (κ2) is 7.25. The van der Waals surface area contributed by atoms with Crippen molar-refractivity contribution in [3.63, 3.8) is 0 Å². The number of nitrogens with zero attached hydrogens (tertiary/aromatic N) is 2. The summed E-state index contributed by atoms with van der Waals surface area (Å²) in [4.78, 5) is 10.9. The maximum absolute atomic E-state index is 11.7. The third-order valence-corrected chi connectivity index (χ3v) is 4.01. The number of hydrogen-bond acceptors (Lipinski definition) is 5. The van der Waals surface area contributed by atoms with Gasteiger partial charge in [-0.1, -0.05) is 0 Å². The largest absolute Gasteiger partial charge is 0.469 e. The molecule has 0 fully saturated rings. The van der Waals surface area contributed by atoms with Gasteiger partial charge in [0.15, 0.2) is 0 Å². The van der Waals surface area contributed by atoms with Crippen LogP contribution < -0.4 is 4.72 Å². The number of sulfonamides is 1. The van der Waals surface area contributed by atoms with Crippen LogP contribution in [0.15, 0.2) is 18.5 Å². The van der Waals surface area contributed by atoms with Gasteiger partial charge in [-0.15, -0.1) is 0 Å². The van der Waals surface area contributed by atoms with Crippen molar-refractivity contribution in [2.75, 3.05) is 12.9 Å². The second-order valence-corrected chi connectivity index (χ2v) is 6.12. The average molecular weight is 289 g/mol. The molecule has 0 aliphatic heterocycles. The minimum absolute atomic E-state index is 0.0917. The summed E-state index contributed by atoms with van der Waals surface area (Å²) in [7, 11) is -2.11. The van der Waals surface area contributed by atoms with Crippen LogP contribution in [0.4, 0.5) is 0 Å². The zero-order chi connectivity index (χ0) is 14.3. The molecule has 0 radical (unpaired) electrons. The number of ether oxygens (including phenoxy) is 1. The molecule has 1 aromatic rings. The summed E-state index contributed by atoms with van der Waals surface area (Å²) in [6, 6.07) is 1.51. The molecule has 1 heterocycles. The molecule has 1 unspecified atom stereocenters. The van der Waals surface area contributed by atoms with Gasteiger partial charge in [0.1, 0.15) is 0 Å². The first kappa shape index (κ1) is 15.6. The number of carbonyl (C=O) groups is 1. The maximum atomic E-state index is 11.7. The van der Waals surface area contributed by atoms with Crippen molar-refractivity contribution >= 4 is 16.0 Å². The fourth-order valence-corrected chi connectivity index (χ4v) is 2.93. The van der Waals surface area contributed by atoms with Crippen molar-refractivity contribution in [1.29, 1.82) is 0 Å². The number of hydrogen-bond donors (Lipinski definition) is 1. The van der Waals surface area contributed by atoms with Crippen molar-refractivity contribution in [3.05, 3.63) is 18.5 Å². The van der Waals surface area contributed by atoms with Crippen molar-refractivity contribution in [2.24, 2.45) is 0 Å². The molecule has 0 saturated carbocycles. The Kier molecular flexibility index (Phi) is 5.97. The average Bonchev–Trinajstić information content (AvgIpc) is 2.80. The van der Waals surface area contributed by atoms with Crippen LogP contribution in [-0.4, -0.2) is 43.1 Å². The van der Waals surface area contributed by atoms with Crippen LogP contribution in [0, 0.1) is 0 Å². The molecule has 0 aliphatic carbocycles. The lowest BCUT2D eigenvalue weighted by atomic mass is 10.3. The van der Waals surface area contributed by atoms with Crippen molar-refractivity contribution in [1.82, 2.24) is 14.5 Å². The molecular formula is C11H19N3O4S. The molecule has 0 amide bonds. The van der Waals surface area contributed by atoms with Gasteiger partial charge < -0.3 is 4.74 Å². The Hall–Kier alpha value is -1.41. The van der Waals surface area contributed by atoms with E-state index in [0.717, 1.165) is 0 Å². The number of rotatable bonds is 8. The summed E-state index contributed by atoms with van der Waals surface area (Å²) in [5.41, 5.74) is 0. The van der Waals surface area contributed by atoms with Gasteiger partial charge in [-0.25, -0.2) is 13.1 Å². The van der Waals surface area contributed by atoms with Gasteiger partial charge in [-0.2, -0.15) is 5.10 Å². The Balaban J connectivity index is 2.35. The van der Waals surface area contributed by atoms with E-state index in [4.69, 9.17) is 0 Å². The molecule has 1 aromatic heterocycles. The number of carbonyl (C=O) groups excluding carboxylic acids is 1. The minimum atomic E-state index is -3.39. The van der Waals surface area contributed by atoms with Gasteiger partial charge in [0.25, 0.3) is 0 Å². The fourth-order valence-electron chi connectivity index (χ4n) is 1.60. The highest BCUT2D eigenvalue weighted by Gasteiger charge is 2.15. The van der Waals surface area contributed by atoms with Crippen LogP contribution in [0.25, 0.3) is 0 Å². The molecule has 0 aromatic carbocycles. The standard InChI is InChI=1S/C11H19N3O4S/c1-10(9-14-7-4-6-12-14)13-19(16,17)8-3-5-11(15)18-2/h4,6-7,10,13H,3,5,8-9H2,1-2H3. The first-order valence-corrected chi connectivity index (χ1v) is 7.62. The van der Waals surface area contributed by atoms with Gasteiger partial charge in [0.2, 0.25) is 10.0 Å². The summed E-state index contributed by atoms with van der Waals surface area (Å²) in [6.07, 6.45) is 3.75. The first-order chi connectivity index (χ1) is 8.93. The molecule has 0 aliphatic rings. The lowest BCUT2D eigenvalue weighted by Gasteiger charge is -2.14. The molecule has 1 atom stereocenters. The van der Waals surface area contributed by atoms with Crippen LogP contribution in [0.3, 0.4) is 0 Å². The maximum Gasteiger partial charge on any atom is 0.305 e. The summed E-state index contributed by atoms with van der Waals surface area (Å²) in [5.74, 6) is -0.495. The van der Waals surface area contributed by atoms with E-state index in [1.54, 1.807) is 30.1 Å². The van der Waals surface area contributed by atoms with E-state index in [1.807, 2.05) is 0 Å². The molecule has 0 spiro atoms. The van der Waals surface area contributed by atoms with Crippen molar-refractivity contribution in [2.45, 2.75) is 32.4 Å². The molecule has 0 bridgehead atoms. The third-order valence-electron chi connectivity index (χ3n) is 2.42. The minimum Gasteiger partial charge on any atom is -0.469 e. The van der Waals surface area contributed by atoms with E-state index in [-0.39, 0.29) is 24.6 Å². The number of esters is 1. The van der Waals surface area contributed by atoms with Crippen LogP contribution in [-0.2, 0) is 26.1 Å². The summed E-state index contributed by atoms with van der Waals surface area (Å²) >= 11 is 0. The molecule has 1 N–H and O–H groups in total. The van der Waals surface area contributed by atoms with Crippen LogP contribution in [0.2, 0.25) is 0 Å². The Labute approximate surface area is 113 Å². The van der Waals surface area contributed by atoms with Crippen molar-refractivity contribution < 1.29 is 17.9 Å². The highest BCUT2D eigenvalue weighted by Crippen LogP contribution is 1.99. The SMILES string of the molecule is COC(=O)CCCS(=O)(=O)NC(C)Cn1cccn1. The van der Waals surface area contributed by atoms with Crippen LogP contribution >= 0.6 is 0 Å². The lowest BCUT2D eigenvalue weighted by Crippen LogP contribution is -2.37. The Morgan fingerprint density at radius 3 is 2.84 bits per heavy atom. The van der Waals surface area contributed by atoms with Gasteiger partial charge >= 0.3 is 5.97 Å². The monoisotopic (exact) mass is 289 g/mol. The van der Waals surface area contributed by atoms with Crippen molar-refractivity contribution in [3.8, 4) is 0 Å². The van der Waals surface area contributed by atoms with Gasteiger partial charge in [-0.3, -0.25) is 9.48 Å². The molecule has 108 valence electrons. The third kappa shape index (κ3) is 6.35. The predicted molar refractivity (Wildman–Crippen MR) is 69.9 cm³/mol. The molecule has 1 rings (SSSR count). The quantitative estimate of drug-likeness (QED) is 0.688. The van der Waals surface area contributed by atoms with Crippen LogP contribution in [0.1, 0.15) is 19.8 Å². The summed E-state index contributed by atoms with van der Waals surface area (Å²) < 4.78 is 32.1. The first-order valence-electron chi connectivity index (χ1n) is 5.97. The number of aromatic nitrogens is 2. The van der Waals surface area contributed by atoms with E-state index >= 15 is 0 Å². The van der Waals surface area contributed by atoms with E-state index in [1.165, 1.54) is 7.11 Å². The Morgan fingerprint density at radius 2 is 2.26 bits per heavy atom. The highest BCUT2D eigenvalue weighted by molar-refractivity contribution is 7.89. The van der Waals surface area contributed by atoms with E-state index < -0.39 is 16.0 Å². The number of methoxy groups -OCH3 is 1. The predicted octanol–water partition coefficient (Wildman–Crippen LogP) is 0.144. The summed E-state index contributed by atoms with van der Waals surface area (Å²) in [5, 5.41) is 4.00. The molecule has 8 heteroatoms. The fraction of sp³-hybridized carbons (Fsp3) is 0.636. The second-order valence-electron chi connectivity index (χ2n) is 4.25. The van der Waals surface area contributed by atoms with E-state index in [9.17, 15) is 13.2 Å². The molecule has 7 nitrogen and oxygen atoms in total. The van der Waals surface area contributed by atoms with E-state index in [0.29, 0.717) is 6.54 Å².